The molecule has 4 aromatic rings. The fourth-order valence-corrected chi connectivity index (χ4v) is 4.14. The molecule has 2 aliphatic rings. The van der Waals surface area contributed by atoms with Crippen LogP contribution in [0.25, 0.3) is 21.8 Å². The Balaban J connectivity index is 1.17. The zero-order chi connectivity index (χ0) is 19.2. The van der Waals surface area contributed by atoms with Crippen LogP contribution in [0.15, 0.2) is 42.7 Å². The summed E-state index contributed by atoms with van der Waals surface area (Å²) in [5, 5.41) is 13.2. The van der Waals surface area contributed by atoms with Crippen LogP contribution in [0.2, 0.25) is 0 Å². The van der Waals surface area contributed by atoms with Gasteiger partial charge in [0, 0.05) is 41.3 Å². The second-order valence-electron chi connectivity index (χ2n) is 7.95. The summed E-state index contributed by atoms with van der Waals surface area (Å²) in [5.74, 6) is 2.39. The lowest BCUT2D eigenvalue weighted by Crippen LogP contribution is -2.19. The quantitative estimate of drug-likeness (QED) is 0.502. The zero-order valence-corrected chi connectivity index (χ0v) is 16.0. The highest BCUT2D eigenvalue weighted by atomic mass is 16.5. The largest absolute Gasteiger partial charge is 0.382 e. The number of anilines is 1. The van der Waals surface area contributed by atoms with E-state index in [0.717, 1.165) is 58.5 Å². The van der Waals surface area contributed by atoms with Gasteiger partial charge in [0.05, 0.1) is 17.1 Å². The molecule has 0 bridgehead atoms. The van der Waals surface area contributed by atoms with Crippen LogP contribution >= 0.6 is 0 Å². The number of nitrogens with one attached hydrogen (secondary N) is 2. The zero-order valence-electron chi connectivity index (χ0n) is 16.0. The third-order valence-electron chi connectivity index (χ3n) is 5.88. The standard InChI is InChI=1S/C22H22N6O/c1-2-13-5-7-16-17(9-11-24-20(16)19(13)23-10-1)25-12-15-6-8-18(29-15)22-26-21(27-28-22)14-3-4-14/h1-2,5,7,9-11,14-15,18H,3-4,6,8,12H2,(H,24,25)(H,26,27,28)/t15-,18+/m0/s1. The summed E-state index contributed by atoms with van der Waals surface area (Å²) in [5.41, 5.74) is 2.92. The van der Waals surface area contributed by atoms with Crippen LogP contribution < -0.4 is 5.32 Å². The van der Waals surface area contributed by atoms with Gasteiger partial charge in [-0.25, -0.2) is 4.98 Å². The highest BCUT2D eigenvalue weighted by molar-refractivity contribution is 6.06. The average Bonchev–Trinajstić information content (AvgIpc) is 3.31. The van der Waals surface area contributed by atoms with Crippen molar-refractivity contribution < 1.29 is 4.74 Å². The summed E-state index contributed by atoms with van der Waals surface area (Å²) in [6.07, 6.45) is 8.21. The molecule has 2 N–H and O–H groups in total. The second-order valence-corrected chi connectivity index (χ2v) is 7.95. The van der Waals surface area contributed by atoms with Gasteiger partial charge in [-0.3, -0.25) is 15.1 Å². The molecule has 0 radical (unpaired) electrons. The molecule has 7 heteroatoms. The predicted molar refractivity (Wildman–Crippen MR) is 111 cm³/mol. The topological polar surface area (TPSA) is 88.6 Å². The molecular weight excluding hydrogens is 364 g/mol. The predicted octanol–water partition coefficient (Wildman–Crippen LogP) is 4.11. The molecule has 3 aromatic heterocycles. The Morgan fingerprint density at radius 2 is 1.93 bits per heavy atom. The number of pyridine rings is 2. The normalized spacial score (nSPS) is 21.8. The minimum absolute atomic E-state index is 0.0177. The molecule has 2 fully saturated rings. The van der Waals surface area contributed by atoms with Crippen molar-refractivity contribution in [2.24, 2.45) is 0 Å². The van der Waals surface area contributed by atoms with E-state index < -0.39 is 0 Å². The third kappa shape index (κ3) is 3.11. The number of nitrogens with zero attached hydrogens (tertiary/aromatic N) is 4. The van der Waals surface area contributed by atoms with Gasteiger partial charge in [-0.05, 0) is 43.9 Å². The Bertz CT molecular complexity index is 1180. The minimum Gasteiger partial charge on any atom is -0.382 e. The summed E-state index contributed by atoms with van der Waals surface area (Å²) in [6, 6.07) is 10.2. The molecule has 1 aromatic carbocycles. The van der Waals surface area contributed by atoms with Crippen molar-refractivity contribution in [3.05, 3.63) is 54.4 Å². The number of fused-ring (bicyclic) bond motifs is 3. The molecule has 29 heavy (non-hydrogen) atoms. The van der Waals surface area contributed by atoms with Crippen LogP contribution in [-0.4, -0.2) is 37.8 Å². The molecule has 4 heterocycles. The molecule has 0 spiro atoms. The lowest BCUT2D eigenvalue weighted by molar-refractivity contribution is 0.0472. The number of aromatic amines is 1. The van der Waals surface area contributed by atoms with Gasteiger partial charge in [-0.15, -0.1) is 0 Å². The molecule has 0 unspecified atom stereocenters. The van der Waals surface area contributed by atoms with E-state index in [4.69, 9.17) is 4.74 Å². The first kappa shape index (κ1) is 16.9. The number of ether oxygens (including phenoxy) is 1. The highest BCUT2D eigenvalue weighted by Crippen LogP contribution is 2.39. The van der Waals surface area contributed by atoms with Gasteiger partial charge < -0.3 is 10.1 Å². The van der Waals surface area contributed by atoms with E-state index in [9.17, 15) is 0 Å². The monoisotopic (exact) mass is 386 g/mol. The van der Waals surface area contributed by atoms with E-state index >= 15 is 0 Å². The van der Waals surface area contributed by atoms with E-state index in [0.29, 0.717) is 5.92 Å². The SMILES string of the molecule is c1cnc2c(c1)ccc1c(NC[C@@H]3CC[C@H](c4nc(C5CC5)n[nH]4)O3)ccnc12. The van der Waals surface area contributed by atoms with E-state index in [2.05, 4.69) is 48.7 Å². The summed E-state index contributed by atoms with van der Waals surface area (Å²) >= 11 is 0. The Hall–Kier alpha value is -3.06. The Kier molecular flexibility index (Phi) is 3.94. The van der Waals surface area contributed by atoms with Gasteiger partial charge in [0.1, 0.15) is 6.10 Å². The molecule has 1 aliphatic heterocycles. The minimum atomic E-state index is 0.0177. The molecule has 146 valence electrons. The number of aromatic nitrogens is 5. The summed E-state index contributed by atoms with van der Waals surface area (Å²) in [6.45, 7) is 0.749. The van der Waals surface area contributed by atoms with E-state index in [-0.39, 0.29) is 12.2 Å². The van der Waals surface area contributed by atoms with Crippen LogP contribution in [-0.2, 0) is 4.74 Å². The second kappa shape index (κ2) is 6.77. The Morgan fingerprint density at radius 3 is 2.86 bits per heavy atom. The van der Waals surface area contributed by atoms with Gasteiger partial charge in [0.2, 0.25) is 0 Å². The van der Waals surface area contributed by atoms with Crippen LogP contribution in [0.5, 0.6) is 0 Å². The number of benzene rings is 1. The maximum absolute atomic E-state index is 6.24. The maximum atomic E-state index is 6.24. The first-order valence-corrected chi connectivity index (χ1v) is 10.3. The molecular formula is C22H22N6O. The van der Waals surface area contributed by atoms with E-state index in [1.807, 2.05) is 24.5 Å². The highest BCUT2D eigenvalue weighted by Gasteiger charge is 2.32. The first-order valence-electron chi connectivity index (χ1n) is 10.3. The van der Waals surface area contributed by atoms with Crippen LogP contribution in [0.4, 0.5) is 5.69 Å². The fraction of sp³-hybridized carbons (Fsp3) is 0.364. The molecule has 6 rings (SSSR count). The smallest absolute Gasteiger partial charge is 0.153 e. The lowest BCUT2D eigenvalue weighted by atomic mass is 10.1. The van der Waals surface area contributed by atoms with Crippen molar-refractivity contribution in [2.45, 2.75) is 43.8 Å². The lowest BCUT2D eigenvalue weighted by Gasteiger charge is -2.15. The van der Waals surface area contributed by atoms with Crippen molar-refractivity contribution in [3.8, 4) is 0 Å². The summed E-state index contributed by atoms with van der Waals surface area (Å²) < 4.78 is 6.24. The van der Waals surface area contributed by atoms with Gasteiger partial charge in [0.15, 0.2) is 11.6 Å². The van der Waals surface area contributed by atoms with Crippen molar-refractivity contribution in [2.75, 3.05) is 11.9 Å². The molecule has 7 nitrogen and oxygen atoms in total. The van der Waals surface area contributed by atoms with Crippen LogP contribution in [0.3, 0.4) is 0 Å². The fourth-order valence-electron chi connectivity index (χ4n) is 4.14. The van der Waals surface area contributed by atoms with Crippen molar-refractivity contribution >= 4 is 27.5 Å². The first-order chi connectivity index (χ1) is 14.3. The summed E-state index contributed by atoms with van der Waals surface area (Å²) in [7, 11) is 0. The van der Waals surface area contributed by atoms with Crippen molar-refractivity contribution in [3.63, 3.8) is 0 Å². The summed E-state index contributed by atoms with van der Waals surface area (Å²) in [4.78, 5) is 13.7. The van der Waals surface area contributed by atoms with Crippen LogP contribution in [0, 0.1) is 0 Å². The molecule has 1 aliphatic carbocycles. The number of hydrogen-bond donors (Lipinski definition) is 2. The van der Waals surface area contributed by atoms with Gasteiger partial charge in [-0.2, -0.15) is 5.10 Å². The van der Waals surface area contributed by atoms with Gasteiger partial charge in [-0.1, -0.05) is 12.1 Å². The third-order valence-corrected chi connectivity index (χ3v) is 5.88. The molecule has 0 amide bonds. The van der Waals surface area contributed by atoms with Crippen molar-refractivity contribution in [1.82, 2.24) is 25.1 Å². The Labute approximate surface area is 167 Å². The number of H-pyrrole nitrogens is 1. The molecule has 2 atom stereocenters. The van der Waals surface area contributed by atoms with Crippen LogP contribution in [0.1, 0.15) is 49.4 Å². The van der Waals surface area contributed by atoms with Gasteiger partial charge in [0.25, 0.3) is 0 Å². The van der Waals surface area contributed by atoms with E-state index in [1.54, 1.807) is 0 Å². The van der Waals surface area contributed by atoms with E-state index in [1.165, 1.54) is 12.8 Å². The molecule has 1 saturated heterocycles. The van der Waals surface area contributed by atoms with Crippen molar-refractivity contribution in [1.29, 1.82) is 0 Å². The average molecular weight is 386 g/mol. The van der Waals surface area contributed by atoms with Gasteiger partial charge >= 0.3 is 0 Å². The number of rotatable bonds is 5. The Morgan fingerprint density at radius 1 is 1.00 bits per heavy atom. The molecule has 1 saturated carbocycles. The maximum Gasteiger partial charge on any atom is 0.153 e. The number of hydrogen-bond acceptors (Lipinski definition) is 6.